The first-order valence-corrected chi connectivity index (χ1v) is 8.83. The molecule has 1 aliphatic heterocycles. The summed E-state index contributed by atoms with van der Waals surface area (Å²) in [5.74, 6) is 0.624. The van der Waals surface area contributed by atoms with Crippen LogP contribution in [0.5, 0.6) is 0 Å². The highest BCUT2D eigenvalue weighted by Crippen LogP contribution is 2.20. The van der Waals surface area contributed by atoms with E-state index in [1.54, 1.807) is 18.3 Å². The van der Waals surface area contributed by atoms with Gasteiger partial charge in [0, 0.05) is 33.2 Å². The van der Waals surface area contributed by atoms with Crippen molar-refractivity contribution in [2.75, 3.05) is 26.7 Å². The summed E-state index contributed by atoms with van der Waals surface area (Å²) in [6, 6.07) is -0.410. The standard InChI is InChI=1S/C17H30N6O2/c1-6-22-12-19-20-14(22)10-21(5)15(24)9-13-16(25)18-7-8-23(13)11-17(2,3)4/h12-13H,6-11H2,1-5H3,(H,18,25)/t13-/m0/s1. The van der Waals surface area contributed by atoms with Gasteiger partial charge in [0.25, 0.3) is 0 Å². The molecule has 1 atom stereocenters. The van der Waals surface area contributed by atoms with Crippen LogP contribution in [0.4, 0.5) is 0 Å². The van der Waals surface area contributed by atoms with Crippen LogP contribution in [-0.2, 0) is 22.7 Å². The molecule has 0 unspecified atom stereocenters. The number of amides is 2. The minimum Gasteiger partial charge on any atom is -0.353 e. The molecule has 1 saturated heterocycles. The van der Waals surface area contributed by atoms with Gasteiger partial charge in [0.15, 0.2) is 5.82 Å². The van der Waals surface area contributed by atoms with Crippen LogP contribution in [0, 0.1) is 5.41 Å². The maximum Gasteiger partial charge on any atom is 0.237 e. The Bertz CT molecular complexity index is 607. The molecule has 2 heterocycles. The molecule has 1 fully saturated rings. The van der Waals surface area contributed by atoms with Crippen molar-refractivity contribution in [1.82, 2.24) is 29.9 Å². The highest BCUT2D eigenvalue weighted by molar-refractivity contribution is 5.88. The number of hydrogen-bond acceptors (Lipinski definition) is 5. The maximum absolute atomic E-state index is 12.7. The zero-order valence-electron chi connectivity index (χ0n) is 15.9. The number of aryl methyl sites for hydroxylation is 1. The molecule has 2 rings (SSSR count). The fraction of sp³-hybridized carbons (Fsp3) is 0.765. The smallest absolute Gasteiger partial charge is 0.237 e. The van der Waals surface area contributed by atoms with Gasteiger partial charge in [-0.15, -0.1) is 10.2 Å². The van der Waals surface area contributed by atoms with Crippen molar-refractivity contribution in [2.45, 2.75) is 53.2 Å². The molecule has 0 bridgehead atoms. The number of carbonyl (C=O) groups excluding carboxylic acids is 2. The van der Waals surface area contributed by atoms with Crippen molar-refractivity contribution in [2.24, 2.45) is 5.41 Å². The number of nitrogens with zero attached hydrogens (tertiary/aromatic N) is 5. The summed E-state index contributed by atoms with van der Waals surface area (Å²) in [7, 11) is 1.74. The summed E-state index contributed by atoms with van der Waals surface area (Å²) >= 11 is 0. The van der Waals surface area contributed by atoms with Crippen molar-refractivity contribution < 1.29 is 9.59 Å². The lowest BCUT2D eigenvalue weighted by molar-refractivity contribution is -0.139. The van der Waals surface area contributed by atoms with E-state index in [9.17, 15) is 9.59 Å². The van der Waals surface area contributed by atoms with Crippen LogP contribution < -0.4 is 5.32 Å². The van der Waals surface area contributed by atoms with Crippen molar-refractivity contribution in [3.05, 3.63) is 12.2 Å². The number of hydrogen-bond donors (Lipinski definition) is 1. The van der Waals surface area contributed by atoms with Crippen LogP contribution in [0.15, 0.2) is 6.33 Å². The largest absolute Gasteiger partial charge is 0.353 e. The van der Waals surface area contributed by atoms with E-state index in [1.807, 2.05) is 11.5 Å². The molecule has 0 spiro atoms. The normalized spacial score (nSPS) is 18.9. The minimum atomic E-state index is -0.410. The van der Waals surface area contributed by atoms with Crippen LogP contribution in [0.1, 0.15) is 39.9 Å². The Kier molecular flexibility index (Phi) is 6.16. The summed E-state index contributed by atoms with van der Waals surface area (Å²) in [6.07, 6.45) is 1.84. The van der Waals surface area contributed by atoms with Crippen LogP contribution >= 0.6 is 0 Å². The Hall–Kier alpha value is -1.96. The number of piperazine rings is 1. The second-order valence-electron chi connectivity index (χ2n) is 7.83. The molecule has 0 aromatic carbocycles. The fourth-order valence-electron chi connectivity index (χ4n) is 3.07. The lowest BCUT2D eigenvalue weighted by atomic mass is 9.94. The van der Waals surface area contributed by atoms with E-state index in [-0.39, 0.29) is 23.7 Å². The van der Waals surface area contributed by atoms with Gasteiger partial charge in [-0.2, -0.15) is 0 Å². The Morgan fingerprint density at radius 2 is 2.16 bits per heavy atom. The first-order valence-electron chi connectivity index (χ1n) is 8.83. The van der Waals surface area contributed by atoms with Gasteiger partial charge in [0.2, 0.25) is 11.8 Å². The Labute approximate surface area is 149 Å². The van der Waals surface area contributed by atoms with E-state index in [4.69, 9.17) is 0 Å². The minimum absolute atomic E-state index is 0.0611. The van der Waals surface area contributed by atoms with E-state index in [0.717, 1.165) is 25.5 Å². The van der Waals surface area contributed by atoms with Crippen LogP contribution in [0.25, 0.3) is 0 Å². The summed E-state index contributed by atoms with van der Waals surface area (Å²) in [5.41, 5.74) is 0.0718. The average molecular weight is 350 g/mol. The molecule has 1 aromatic heterocycles. The van der Waals surface area contributed by atoms with Crippen molar-refractivity contribution in [1.29, 1.82) is 0 Å². The van der Waals surface area contributed by atoms with Crippen molar-refractivity contribution in [3.8, 4) is 0 Å². The second-order valence-corrected chi connectivity index (χ2v) is 7.83. The molecule has 1 N–H and O–H groups in total. The molecule has 8 nitrogen and oxygen atoms in total. The van der Waals surface area contributed by atoms with Crippen molar-refractivity contribution in [3.63, 3.8) is 0 Å². The van der Waals surface area contributed by atoms with Gasteiger partial charge < -0.3 is 14.8 Å². The molecule has 2 amide bonds. The lowest BCUT2D eigenvalue weighted by Crippen LogP contribution is -2.58. The third-order valence-corrected chi connectivity index (χ3v) is 4.33. The predicted octanol–water partition coefficient (Wildman–Crippen LogP) is 0.493. The van der Waals surface area contributed by atoms with Crippen molar-refractivity contribution >= 4 is 11.8 Å². The number of carbonyl (C=O) groups is 2. The highest BCUT2D eigenvalue weighted by Gasteiger charge is 2.34. The van der Waals surface area contributed by atoms with Gasteiger partial charge >= 0.3 is 0 Å². The Morgan fingerprint density at radius 1 is 1.44 bits per heavy atom. The van der Waals surface area contributed by atoms with Crippen LogP contribution in [0.2, 0.25) is 0 Å². The summed E-state index contributed by atoms with van der Waals surface area (Å²) in [5, 5.41) is 10.8. The lowest BCUT2D eigenvalue weighted by Gasteiger charge is -2.38. The topological polar surface area (TPSA) is 83.4 Å². The first kappa shape index (κ1) is 19.4. The first-order chi connectivity index (χ1) is 11.7. The Balaban J connectivity index is 2.01. The number of nitrogens with one attached hydrogen (secondary N) is 1. The quantitative estimate of drug-likeness (QED) is 0.807. The van der Waals surface area contributed by atoms with Crippen LogP contribution in [-0.4, -0.2) is 69.1 Å². The molecule has 0 radical (unpaired) electrons. The van der Waals surface area contributed by atoms with Crippen LogP contribution in [0.3, 0.4) is 0 Å². The zero-order chi connectivity index (χ0) is 18.6. The highest BCUT2D eigenvalue weighted by atomic mass is 16.2. The molecular weight excluding hydrogens is 320 g/mol. The van der Waals surface area contributed by atoms with E-state index in [1.165, 1.54) is 0 Å². The molecule has 1 aliphatic rings. The average Bonchev–Trinajstić information content (AvgIpc) is 2.96. The molecule has 0 aliphatic carbocycles. The van der Waals surface area contributed by atoms with Gasteiger partial charge in [-0.3, -0.25) is 14.5 Å². The second kappa shape index (κ2) is 7.95. The molecule has 25 heavy (non-hydrogen) atoms. The van der Waals surface area contributed by atoms with Gasteiger partial charge in [-0.25, -0.2) is 0 Å². The SMILES string of the molecule is CCn1cnnc1CN(C)C(=O)C[C@H]1C(=O)NCCN1CC(C)(C)C. The number of rotatable bonds is 6. The van der Waals surface area contributed by atoms with E-state index in [2.05, 4.69) is 41.2 Å². The third-order valence-electron chi connectivity index (χ3n) is 4.33. The molecule has 140 valence electrons. The van der Waals surface area contributed by atoms with E-state index < -0.39 is 6.04 Å². The monoisotopic (exact) mass is 350 g/mol. The Morgan fingerprint density at radius 3 is 2.80 bits per heavy atom. The van der Waals surface area contributed by atoms with Gasteiger partial charge in [0.1, 0.15) is 6.33 Å². The van der Waals surface area contributed by atoms with E-state index in [0.29, 0.717) is 13.1 Å². The zero-order valence-corrected chi connectivity index (χ0v) is 15.9. The third kappa shape index (κ3) is 5.26. The fourth-order valence-corrected chi connectivity index (χ4v) is 3.07. The summed E-state index contributed by atoms with van der Waals surface area (Å²) < 4.78 is 1.91. The van der Waals surface area contributed by atoms with Gasteiger partial charge in [-0.05, 0) is 12.3 Å². The molecular formula is C17H30N6O2. The maximum atomic E-state index is 12.7. The summed E-state index contributed by atoms with van der Waals surface area (Å²) in [4.78, 5) is 28.7. The van der Waals surface area contributed by atoms with Gasteiger partial charge in [0.05, 0.1) is 19.0 Å². The van der Waals surface area contributed by atoms with E-state index >= 15 is 0 Å². The van der Waals surface area contributed by atoms with Gasteiger partial charge in [-0.1, -0.05) is 20.8 Å². The number of aromatic nitrogens is 3. The summed E-state index contributed by atoms with van der Waals surface area (Å²) in [6.45, 7) is 11.8. The predicted molar refractivity (Wildman–Crippen MR) is 94.6 cm³/mol. The molecule has 0 saturated carbocycles. The molecule has 8 heteroatoms. The molecule has 1 aromatic rings.